The summed E-state index contributed by atoms with van der Waals surface area (Å²) in [4.78, 5) is 11.8. The lowest BCUT2D eigenvalue weighted by atomic mass is 10.1. The standard InChI is InChI=1S/C19H21NO2/c1-3-22-18-11-8-16(9-12-18)10-13-19(21)20-14-17-6-4-15(2)5-7-17/h4-13H,3,14H2,1-2H3,(H,20,21)/b13-10+. The molecule has 0 spiro atoms. The maximum Gasteiger partial charge on any atom is 0.244 e. The molecule has 0 aliphatic heterocycles. The van der Waals surface area contributed by atoms with Crippen molar-refractivity contribution in [3.63, 3.8) is 0 Å². The lowest BCUT2D eigenvalue weighted by Gasteiger charge is -2.03. The number of rotatable bonds is 6. The predicted octanol–water partition coefficient (Wildman–Crippen LogP) is 3.72. The third-order valence-corrected chi connectivity index (χ3v) is 3.21. The molecule has 0 fully saturated rings. The molecule has 3 heteroatoms. The first kappa shape index (κ1) is 15.8. The van der Waals surface area contributed by atoms with Gasteiger partial charge in [0.1, 0.15) is 5.75 Å². The molecule has 0 heterocycles. The van der Waals surface area contributed by atoms with Gasteiger partial charge in [-0.15, -0.1) is 0 Å². The van der Waals surface area contributed by atoms with Crippen LogP contribution in [-0.2, 0) is 11.3 Å². The summed E-state index contributed by atoms with van der Waals surface area (Å²) in [6.07, 6.45) is 3.34. The van der Waals surface area contributed by atoms with E-state index in [1.165, 1.54) is 5.56 Å². The molecule has 0 aromatic heterocycles. The van der Waals surface area contributed by atoms with Crippen LogP contribution in [0.5, 0.6) is 5.75 Å². The summed E-state index contributed by atoms with van der Waals surface area (Å²) in [5, 5.41) is 2.87. The van der Waals surface area contributed by atoms with Crippen molar-refractivity contribution in [2.24, 2.45) is 0 Å². The molecule has 22 heavy (non-hydrogen) atoms. The van der Waals surface area contributed by atoms with Crippen molar-refractivity contribution < 1.29 is 9.53 Å². The molecule has 0 aliphatic carbocycles. The van der Waals surface area contributed by atoms with Crippen molar-refractivity contribution >= 4 is 12.0 Å². The molecule has 0 unspecified atom stereocenters. The van der Waals surface area contributed by atoms with Gasteiger partial charge < -0.3 is 10.1 Å². The zero-order chi connectivity index (χ0) is 15.8. The molecular weight excluding hydrogens is 274 g/mol. The highest BCUT2D eigenvalue weighted by Gasteiger charge is 1.97. The Morgan fingerprint density at radius 3 is 2.41 bits per heavy atom. The quantitative estimate of drug-likeness (QED) is 0.825. The highest BCUT2D eigenvalue weighted by Crippen LogP contribution is 2.13. The molecule has 2 aromatic carbocycles. The highest BCUT2D eigenvalue weighted by molar-refractivity contribution is 5.91. The van der Waals surface area contributed by atoms with Crippen molar-refractivity contribution in [3.05, 3.63) is 71.3 Å². The number of benzene rings is 2. The van der Waals surface area contributed by atoms with Gasteiger partial charge in [0.15, 0.2) is 0 Å². The first-order chi connectivity index (χ1) is 10.7. The van der Waals surface area contributed by atoms with Gasteiger partial charge >= 0.3 is 0 Å². The molecule has 2 aromatic rings. The average Bonchev–Trinajstić information content (AvgIpc) is 2.54. The number of aryl methyl sites for hydroxylation is 1. The molecular formula is C19H21NO2. The van der Waals surface area contributed by atoms with Gasteiger partial charge in [-0.2, -0.15) is 0 Å². The van der Waals surface area contributed by atoms with Crippen LogP contribution in [0.4, 0.5) is 0 Å². The van der Waals surface area contributed by atoms with Gasteiger partial charge in [0.05, 0.1) is 6.61 Å². The lowest BCUT2D eigenvalue weighted by molar-refractivity contribution is -0.116. The Kier molecular flexibility index (Phi) is 5.78. The Hall–Kier alpha value is -2.55. The van der Waals surface area contributed by atoms with Crippen LogP contribution >= 0.6 is 0 Å². The molecule has 114 valence electrons. The zero-order valence-corrected chi connectivity index (χ0v) is 13.0. The Morgan fingerprint density at radius 2 is 1.77 bits per heavy atom. The van der Waals surface area contributed by atoms with Crippen LogP contribution < -0.4 is 10.1 Å². The molecule has 0 saturated carbocycles. The molecule has 1 N–H and O–H groups in total. The third-order valence-electron chi connectivity index (χ3n) is 3.21. The van der Waals surface area contributed by atoms with E-state index in [2.05, 4.69) is 5.32 Å². The Balaban J connectivity index is 1.84. The van der Waals surface area contributed by atoms with Gasteiger partial charge in [0, 0.05) is 12.6 Å². The van der Waals surface area contributed by atoms with Crippen LogP contribution in [0.1, 0.15) is 23.6 Å². The van der Waals surface area contributed by atoms with Gasteiger partial charge in [-0.1, -0.05) is 42.0 Å². The number of ether oxygens (including phenoxy) is 1. The normalized spacial score (nSPS) is 10.6. The Morgan fingerprint density at radius 1 is 1.09 bits per heavy atom. The fourth-order valence-electron chi connectivity index (χ4n) is 1.97. The minimum atomic E-state index is -0.102. The van der Waals surface area contributed by atoms with E-state index in [-0.39, 0.29) is 5.91 Å². The van der Waals surface area contributed by atoms with Crippen LogP contribution in [0.3, 0.4) is 0 Å². The lowest BCUT2D eigenvalue weighted by Crippen LogP contribution is -2.20. The average molecular weight is 295 g/mol. The van der Waals surface area contributed by atoms with Gasteiger partial charge in [-0.05, 0) is 43.2 Å². The molecule has 2 rings (SSSR count). The Labute approximate surface area is 131 Å². The summed E-state index contributed by atoms with van der Waals surface area (Å²) in [7, 11) is 0. The summed E-state index contributed by atoms with van der Waals surface area (Å²) >= 11 is 0. The van der Waals surface area contributed by atoms with E-state index in [1.54, 1.807) is 12.2 Å². The second-order valence-electron chi connectivity index (χ2n) is 5.04. The van der Waals surface area contributed by atoms with E-state index in [1.807, 2.05) is 62.4 Å². The van der Waals surface area contributed by atoms with E-state index in [4.69, 9.17) is 4.74 Å². The van der Waals surface area contributed by atoms with Gasteiger partial charge in [-0.25, -0.2) is 0 Å². The minimum Gasteiger partial charge on any atom is -0.494 e. The minimum absolute atomic E-state index is 0.102. The van der Waals surface area contributed by atoms with Gasteiger partial charge in [0.25, 0.3) is 0 Å². The Bertz CT molecular complexity index is 627. The molecule has 1 amide bonds. The summed E-state index contributed by atoms with van der Waals surface area (Å²) in [6.45, 7) is 5.18. The fourth-order valence-corrected chi connectivity index (χ4v) is 1.97. The largest absolute Gasteiger partial charge is 0.494 e. The van der Waals surface area contributed by atoms with Crippen molar-refractivity contribution in [1.82, 2.24) is 5.32 Å². The van der Waals surface area contributed by atoms with Crippen molar-refractivity contribution in [2.75, 3.05) is 6.61 Å². The maximum absolute atomic E-state index is 11.8. The van der Waals surface area contributed by atoms with Crippen LogP contribution in [-0.4, -0.2) is 12.5 Å². The van der Waals surface area contributed by atoms with Crippen LogP contribution in [0.2, 0.25) is 0 Å². The van der Waals surface area contributed by atoms with Gasteiger partial charge in [-0.3, -0.25) is 4.79 Å². The van der Waals surface area contributed by atoms with Crippen molar-refractivity contribution in [3.8, 4) is 5.75 Å². The number of hydrogen-bond acceptors (Lipinski definition) is 2. The summed E-state index contributed by atoms with van der Waals surface area (Å²) < 4.78 is 5.38. The van der Waals surface area contributed by atoms with E-state index in [0.29, 0.717) is 13.2 Å². The molecule has 0 aliphatic rings. The van der Waals surface area contributed by atoms with E-state index in [9.17, 15) is 4.79 Å². The summed E-state index contributed by atoms with van der Waals surface area (Å²) in [5.41, 5.74) is 3.27. The number of nitrogens with one attached hydrogen (secondary N) is 1. The third kappa shape index (κ3) is 5.09. The summed E-state index contributed by atoms with van der Waals surface area (Å²) in [5.74, 6) is 0.734. The van der Waals surface area contributed by atoms with Gasteiger partial charge in [0.2, 0.25) is 5.91 Å². The van der Waals surface area contributed by atoms with E-state index < -0.39 is 0 Å². The van der Waals surface area contributed by atoms with Crippen LogP contribution in [0.15, 0.2) is 54.6 Å². The number of carbonyl (C=O) groups excluding carboxylic acids is 1. The number of amides is 1. The molecule has 3 nitrogen and oxygen atoms in total. The predicted molar refractivity (Wildman–Crippen MR) is 89.7 cm³/mol. The smallest absolute Gasteiger partial charge is 0.244 e. The van der Waals surface area contributed by atoms with Crippen LogP contribution in [0.25, 0.3) is 6.08 Å². The molecule has 0 atom stereocenters. The second-order valence-corrected chi connectivity index (χ2v) is 5.04. The number of hydrogen-bond donors (Lipinski definition) is 1. The monoisotopic (exact) mass is 295 g/mol. The SMILES string of the molecule is CCOc1ccc(/C=C/C(=O)NCc2ccc(C)cc2)cc1. The van der Waals surface area contributed by atoms with Crippen molar-refractivity contribution in [2.45, 2.75) is 20.4 Å². The van der Waals surface area contributed by atoms with Crippen molar-refractivity contribution in [1.29, 1.82) is 0 Å². The van der Waals surface area contributed by atoms with Crippen LogP contribution in [0, 0.1) is 6.92 Å². The maximum atomic E-state index is 11.8. The highest BCUT2D eigenvalue weighted by atomic mass is 16.5. The second kappa shape index (κ2) is 8.03. The first-order valence-corrected chi connectivity index (χ1v) is 7.41. The zero-order valence-electron chi connectivity index (χ0n) is 13.0. The molecule has 0 bridgehead atoms. The molecule has 0 saturated heterocycles. The summed E-state index contributed by atoms with van der Waals surface area (Å²) in [6, 6.07) is 15.8. The molecule has 0 radical (unpaired) electrons. The first-order valence-electron chi connectivity index (χ1n) is 7.41. The van der Waals surface area contributed by atoms with E-state index in [0.717, 1.165) is 16.9 Å². The van der Waals surface area contributed by atoms with E-state index >= 15 is 0 Å². The number of carbonyl (C=O) groups is 1. The topological polar surface area (TPSA) is 38.3 Å². The fraction of sp³-hybridized carbons (Fsp3) is 0.211.